The summed E-state index contributed by atoms with van der Waals surface area (Å²) in [5.74, 6) is -0.631. The molecular weight excluding hydrogens is 510 g/mol. The zero-order chi connectivity index (χ0) is 25.4. The van der Waals surface area contributed by atoms with E-state index in [1.807, 2.05) is 68.4 Å². The van der Waals surface area contributed by atoms with E-state index in [0.717, 1.165) is 15.6 Å². The molecule has 0 aliphatic rings. The van der Waals surface area contributed by atoms with E-state index in [1.165, 1.54) is 11.0 Å². The number of rotatable bonds is 10. The number of nitro benzene ring substituents is 1. The van der Waals surface area contributed by atoms with Gasteiger partial charge in [0, 0.05) is 35.1 Å². The van der Waals surface area contributed by atoms with Crippen LogP contribution in [0.25, 0.3) is 0 Å². The highest BCUT2D eigenvalue weighted by atomic mass is 79.9. The first-order valence-corrected chi connectivity index (χ1v) is 12.1. The summed E-state index contributed by atoms with van der Waals surface area (Å²) in [5.41, 5.74) is 1.94. The standard InChI is InChI=1S/C27H28BrN3O4/c1-19(2)29-27(33)25(16-20-9-4-3-5-10-20)30(18-21-11-8-13-23(28)15-21)26(32)17-22-12-6-7-14-24(22)31(34)35/h3-15,19,25H,16-18H2,1-2H3,(H,29,33). The van der Waals surface area contributed by atoms with Crippen LogP contribution in [0.2, 0.25) is 0 Å². The van der Waals surface area contributed by atoms with Gasteiger partial charge in [-0.05, 0) is 37.1 Å². The van der Waals surface area contributed by atoms with Crippen LogP contribution in [-0.2, 0) is 29.0 Å². The fraction of sp³-hybridized carbons (Fsp3) is 0.259. The Labute approximate surface area is 213 Å². The van der Waals surface area contributed by atoms with Gasteiger partial charge < -0.3 is 10.2 Å². The SMILES string of the molecule is CC(C)NC(=O)C(Cc1ccccc1)N(Cc1cccc(Br)c1)C(=O)Cc1ccccc1[N+](=O)[O-]. The minimum atomic E-state index is -0.797. The Bertz CT molecular complexity index is 1180. The number of nitro groups is 1. The van der Waals surface area contributed by atoms with Crippen molar-refractivity contribution < 1.29 is 14.5 Å². The Balaban J connectivity index is 2.01. The molecule has 0 aliphatic heterocycles. The number of carbonyl (C=O) groups is 2. The Morgan fingerprint density at radius 2 is 1.63 bits per heavy atom. The highest BCUT2D eigenvalue weighted by Gasteiger charge is 2.31. The summed E-state index contributed by atoms with van der Waals surface area (Å²) >= 11 is 3.46. The number of benzene rings is 3. The van der Waals surface area contributed by atoms with Crippen LogP contribution in [0.15, 0.2) is 83.3 Å². The number of nitrogens with zero attached hydrogens (tertiary/aromatic N) is 2. The van der Waals surface area contributed by atoms with Crippen molar-refractivity contribution >= 4 is 33.4 Å². The molecule has 35 heavy (non-hydrogen) atoms. The number of hydrogen-bond donors (Lipinski definition) is 1. The topological polar surface area (TPSA) is 92.6 Å². The van der Waals surface area contributed by atoms with E-state index in [2.05, 4.69) is 21.2 Å². The minimum absolute atomic E-state index is 0.112. The van der Waals surface area contributed by atoms with Gasteiger partial charge in [-0.1, -0.05) is 76.6 Å². The van der Waals surface area contributed by atoms with Crippen molar-refractivity contribution in [1.29, 1.82) is 0 Å². The molecule has 0 saturated heterocycles. The predicted octanol–water partition coefficient (Wildman–Crippen LogP) is 5.06. The first-order chi connectivity index (χ1) is 16.7. The third-order valence-corrected chi connectivity index (χ3v) is 5.97. The van der Waals surface area contributed by atoms with E-state index < -0.39 is 11.0 Å². The molecule has 1 N–H and O–H groups in total. The summed E-state index contributed by atoms with van der Waals surface area (Å²) in [6, 6.07) is 22.3. The van der Waals surface area contributed by atoms with Crippen LogP contribution < -0.4 is 5.32 Å². The zero-order valence-corrected chi connectivity index (χ0v) is 21.3. The molecule has 0 aromatic heterocycles. The van der Waals surface area contributed by atoms with E-state index >= 15 is 0 Å². The van der Waals surface area contributed by atoms with Gasteiger partial charge in [0.25, 0.3) is 5.69 Å². The molecule has 0 heterocycles. The molecule has 0 bridgehead atoms. The van der Waals surface area contributed by atoms with Gasteiger partial charge in [-0.15, -0.1) is 0 Å². The average Bonchev–Trinajstić information content (AvgIpc) is 2.81. The van der Waals surface area contributed by atoms with Crippen molar-refractivity contribution in [2.45, 2.75) is 45.3 Å². The number of hydrogen-bond acceptors (Lipinski definition) is 4. The van der Waals surface area contributed by atoms with Gasteiger partial charge in [-0.25, -0.2) is 0 Å². The van der Waals surface area contributed by atoms with Gasteiger partial charge >= 0.3 is 0 Å². The lowest BCUT2D eigenvalue weighted by Gasteiger charge is -2.32. The maximum atomic E-state index is 13.7. The molecule has 2 amide bonds. The lowest BCUT2D eigenvalue weighted by atomic mass is 10.0. The second kappa shape index (κ2) is 12.3. The Hall–Kier alpha value is -3.52. The summed E-state index contributed by atoms with van der Waals surface area (Å²) < 4.78 is 0.854. The van der Waals surface area contributed by atoms with Crippen LogP contribution in [0, 0.1) is 10.1 Å². The Morgan fingerprint density at radius 3 is 2.29 bits per heavy atom. The lowest BCUT2D eigenvalue weighted by Crippen LogP contribution is -2.52. The van der Waals surface area contributed by atoms with E-state index in [9.17, 15) is 19.7 Å². The average molecular weight is 538 g/mol. The summed E-state index contributed by atoms with van der Waals surface area (Å²) in [6.45, 7) is 3.92. The summed E-state index contributed by atoms with van der Waals surface area (Å²) in [6.07, 6.45) is 0.126. The van der Waals surface area contributed by atoms with Gasteiger partial charge in [-0.2, -0.15) is 0 Å². The second-order valence-corrected chi connectivity index (χ2v) is 9.50. The fourth-order valence-electron chi connectivity index (χ4n) is 3.87. The van der Waals surface area contributed by atoms with Crippen molar-refractivity contribution in [3.05, 3.63) is 110 Å². The molecule has 1 atom stereocenters. The number of carbonyl (C=O) groups excluding carboxylic acids is 2. The molecule has 8 heteroatoms. The minimum Gasteiger partial charge on any atom is -0.352 e. The number of para-hydroxylation sites is 1. The fourth-order valence-corrected chi connectivity index (χ4v) is 4.32. The summed E-state index contributed by atoms with van der Waals surface area (Å²) in [5, 5.41) is 14.5. The lowest BCUT2D eigenvalue weighted by molar-refractivity contribution is -0.385. The highest BCUT2D eigenvalue weighted by Crippen LogP contribution is 2.22. The molecular formula is C27H28BrN3O4. The first kappa shape index (κ1) is 26.1. The third kappa shape index (κ3) is 7.48. The van der Waals surface area contributed by atoms with Crippen LogP contribution in [-0.4, -0.2) is 33.7 Å². The van der Waals surface area contributed by atoms with Crippen LogP contribution in [0.4, 0.5) is 5.69 Å². The number of halogens is 1. The maximum absolute atomic E-state index is 13.7. The third-order valence-electron chi connectivity index (χ3n) is 5.47. The van der Waals surface area contributed by atoms with Gasteiger partial charge in [0.2, 0.25) is 11.8 Å². The molecule has 0 saturated carbocycles. The molecule has 7 nitrogen and oxygen atoms in total. The molecule has 3 aromatic carbocycles. The monoisotopic (exact) mass is 537 g/mol. The van der Waals surface area contributed by atoms with E-state index in [0.29, 0.717) is 12.0 Å². The zero-order valence-electron chi connectivity index (χ0n) is 19.7. The largest absolute Gasteiger partial charge is 0.352 e. The molecule has 182 valence electrons. The summed E-state index contributed by atoms with van der Waals surface area (Å²) in [7, 11) is 0. The Morgan fingerprint density at radius 1 is 0.971 bits per heavy atom. The van der Waals surface area contributed by atoms with Gasteiger partial charge in [0.05, 0.1) is 11.3 Å². The quantitative estimate of drug-likeness (QED) is 0.288. The Kier molecular flexibility index (Phi) is 9.14. The summed E-state index contributed by atoms with van der Waals surface area (Å²) in [4.78, 5) is 39.6. The van der Waals surface area contributed by atoms with Gasteiger partial charge in [0.15, 0.2) is 0 Å². The van der Waals surface area contributed by atoms with Crippen LogP contribution >= 0.6 is 15.9 Å². The normalized spacial score (nSPS) is 11.7. The maximum Gasteiger partial charge on any atom is 0.273 e. The van der Waals surface area contributed by atoms with Crippen molar-refractivity contribution in [2.75, 3.05) is 0 Å². The molecule has 0 radical (unpaired) electrons. The van der Waals surface area contributed by atoms with E-state index in [-0.39, 0.29) is 36.5 Å². The van der Waals surface area contributed by atoms with Crippen molar-refractivity contribution in [3.8, 4) is 0 Å². The van der Waals surface area contributed by atoms with Crippen molar-refractivity contribution in [2.24, 2.45) is 0 Å². The molecule has 0 aliphatic carbocycles. The molecule has 3 aromatic rings. The van der Waals surface area contributed by atoms with E-state index in [4.69, 9.17) is 0 Å². The second-order valence-electron chi connectivity index (χ2n) is 8.58. The van der Waals surface area contributed by atoms with Crippen molar-refractivity contribution in [3.63, 3.8) is 0 Å². The van der Waals surface area contributed by atoms with E-state index in [1.54, 1.807) is 18.2 Å². The first-order valence-electron chi connectivity index (χ1n) is 11.3. The number of nitrogens with one attached hydrogen (secondary N) is 1. The van der Waals surface area contributed by atoms with Crippen LogP contribution in [0.3, 0.4) is 0 Å². The van der Waals surface area contributed by atoms with Gasteiger partial charge in [-0.3, -0.25) is 19.7 Å². The predicted molar refractivity (Wildman–Crippen MR) is 139 cm³/mol. The van der Waals surface area contributed by atoms with Gasteiger partial charge in [0.1, 0.15) is 6.04 Å². The number of amides is 2. The van der Waals surface area contributed by atoms with Crippen molar-refractivity contribution in [1.82, 2.24) is 10.2 Å². The van der Waals surface area contributed by atoms with Crippen LogP contribution in [0.5, 0.6) is 0 Å². The molecule has 0 spiro atoms. The highest BCUT2D eigenvalue weighted by molar-refractivity contribution is 9.10. The smallest absolute Gasteiger partial charge is 0.273 e. The van der Waals surface area contributed by atoms with Crippen LogP contribution in [0.1, 0.15) is 30.5 Å². The molecule has 3 rings (SSSR count). The molecule has 1 unspecified atom stereocenters. The molecule has 0 fully saturated rings.